The minimum atomic E-state index is -1.06. The highest BCUT2D eigenvalue weighted by molar-refractivity contribution is 5.84. The van der Waals surface area contributed by atoms with Gasteiger partial charge >= 0.3 is 5.97 Å². The van der Waals surface area contributed by atoms with Crippen molar-refractivity contribution in [3.63, 3.8) is 0 Å². The maximum absolute atomic E-state index is 11.8. The highest BCUT2D eigenvalue weighted by Crippen LogP contribution is 2.21. The lowest BCUT2D eigenvalue weighted by Crippen LogP contribution is -2.37. The van der Waals surface area contributed by atoms with Gasteiger partial charge in [0.25, 0.3) is 0 Å². The van der Waals surface area contributed by atoms with E-state index in [2.05, 4.69) is 0 Å². The molecule has 0 aromatic heterocycles. The Balaban J connectivity index is 4.43. The summed E-state index contributed by atoms with van der Waals surface area (Å²) in [5.41, 5.74) is -1.06. The molecule has 16 heavy (non-hydrogen) atoms. The van der Waals surface area contributed by atoms with Crippen molar-refractivity contribution in [1.29, 1.82) is 5.26 Å². The number of carboxylic acid groups (broad SMARTS) is 1. The Morgan fingerprint density at radius 3 is 2.38 bits per heavy atom. The molecule has 0 rings (SSSR count). The Morgan fingerprint density at radius 2 is 2.00 bits per heavy atom. The van der Waals surface area contributed by atoms with E-state index < -0.39 is 11.4 Å². The molecule has 0 fully saturated rings. The van der Waals surface area contributed by atoms with E-state index in [-0.39, 0.29) is 18.7 Å². The average molecular weight is 226 g/mol. The quantitative estimate of drug-likeness (QED) is 0.739. The average Bonchev–Trinajstić information content (AvgIpc) is 2.18. The zero-order valence-corrected chi connectivity index (χ0v) is 9.99. The third kappa shape index (κ3) is 4.30. The van der Waals surface area contributed by atoms with Crippen LogP contribution in [0.4, 0.5) is 0 Å². The van der Waals surface area contributed by atoms with E-state index >= 15 is 0 Å². The standard InChI is InChI=1S/C11H18N2O3/c1-4-13(7-5-6-12)9(14)8-11(2,3)10(15)16/h4-5,7-8H2,1-3H3,(H,15,16). The minimum Gasteiger partial charge on any atom is -0.481 e. The molecule has 0 aliphatic rings. The smallest absolute Gasteiger partial charge is 0.309 e. The largest absolute Gasteiger partial charge is 0.481 e. The summed E-state index contributed by atoms with van der Waals surface area (Å²) in [4.78, 5) is 24.1. The van der Waals surface area contributed by atoms with Crippen LogP contribution in [0, 0.1) is 16.7 Å². The molecule has 0 radical (unpaired) electrons. The van der Waals surface area contributed by atoms with Crippen molar-refractivity contribution in [2.75, 3.05) is 13.1 Å². The lowest BCUT2D eigenvalue weighted by Gasteiger charge is -2.24. The second kappa shape index (κ2) is 6.11. The fourth-order valence-corrected chi connectivity index (χ4v) is 1.21. The second-order valence-corrected chi connectivity index (χ2v) is 4.25. The number of aliphatic carboxylic acids is 1. The maximum atomic E-state index is 11.8. The number of nitrogens with zero attached hydrogens (tertiary/aromatic N) is 2. The van der Waals surface area contributed by atoms with Crippen LogP contribution in [-0.2, 0) is 9.59 Å². The van der Waals surface area contributed by atoms with Gasteiger partial charge in [0, 0.05) is 19.5 Å². The first-order valence-corrected chi connectivity index (χ1v) is 5.23. The lowest BCUT2D eigenvalue weighted by atomic mass is 9.89. The van der Waals surface area contributed by atoms with Crippen molar-refractivity contribution in [2.24, 2.45) is 5.41 Å². The van der Waals surface area contributed by atoms with Gasteiger partial charge in [-0.1, -0.05) is 0 Å². The summed E-state index contributed by atoms with van der Waals surface area (Å²) in [5.74, 6) is -1.21. The normalized spacial score (nSPS) is 10.6. The molecule has 0 heterocycles. The summed E-state index contributed by atoms with van der Waals surface area (Å²) in [6.45, 7) is 5.71. The number of hydrogen-bond acceptors (Lipinski definition) is 3. The van der Waals surface area contributed by atoms with E-state index in [1.54, 1.807) is 0 Å². The van der Waals surface area contributed by atoms with Gasteiger partial charge in [-0.3, -0.25) is 9.59 Å². The fraction of sp³-hybridized carbons (Fsp3) is 0.727. The van der Waals surface area contributed by atoms with Crippen molar-refractivity contribution in [2.45, 2.75) is 33.6 Å². The summed E-state index contributed by atoms with van der Waals surface area (Å²) in [7, 11) is 0. The van der Waals surface area contributed by atoms with Gasteiger partial charge in [0.05, 0.1) is 17.9 Å². The number of carbonyl (C=O) groups is 2. The monoisotopic (exact) mass is 226 g/mol. The number of amides is 1. The number of carboxylic acids is 1. The zero-order valence-electron chi connectivity index (χ0n) is 9.99. The van der Waals surface area contributed by atoms with Gasteiger partial charge in [-0.25, -0.2) is 0 Å². The van der Waals surface area contributed by atoms with Gasteiger partial charge in [0.2, 0.25) is 5.91 Å². The molecule has 1 amide bonds. The topological polar surface area (TPSA) is 81.4 Å². The van der Waals surface area contributed by atoms with Gasteiger partial charge in [0.15, 0.2) is 0 Å². The van der Waals surface area contributed by atoms with Gasteiger partial charge in [0.1, 0.15) is 0 Å². The van der Waals surface area contributed by atoms with Crippen molar-refractivity contribution in [3.05, 3.63) is 0 Å². The molecule has 0 bridgehead atoms. The first kappa shape index (κ1) is 14.4. The molecule has 5 heteroatoms. The SMILES string of the molecule is CCN(CCC#N)C(=O)CC(C)(C)C(=O)O. The van der Waals surface area contributed by atoms with Crippen LogP contribution >= 0.6 is 0 Å². The molecular weight excluding hydrogens is 208 g/mol. The Bertz CT molecular complexity index is 305. The van der Waals surface area contributed by atoms with Crippen LogP contribution in [0.3, 0.4) is 0 Å². The lowest BCUT2D eigenvalue weighted by molar-refractivity contribution is -0.151. The minimum absolute atomic E-state index is 0.0401. The fourth-order valence-electron chi connectivity index (χ4n) is 1.21. The highest BCUT2D eigenvalue weighted by Gasteiger charge is 2.31. The van der Waals surface area contributed by atoms with Crippen LogP contribution < -0.4 is 0 Å². The molecule has 90 valence electrons. The Kier molecular flexibility index (Phi) is 5.51. The molecule has 0 aliphatic carbocycles. The molecule has 0 aromatic rings. The third-order valence-corrected chi connectivity index (χ3v) is 2.40. The van der Waals surface area contributed by atoms with Crippen molar-refractivity contribution < 1.29 is 14.7 Å². The van der Waals surface area contributed by atoms with Crippen LogP contribution in [0.5, 0.6) is 0 Å². The van der Waals surface area contributed by atoms with Gasteiger partial charge in [-0.05, 0) is 20.8 Å². The van der Waals surface area contributed by atoms with Crippen LogP contribution in [-0.4, -0.2) is 35.0 Å². The predicted molar refractivity (Wildman–Crippen MR) is 58.5 cm³/mol. The molecule has 0 aromatic carbocycles. The van der Waals surface area contributed by atoms with E-state index in [0.29, 0.717) is 13.1 Å². The first-order chi connectivity index (χ1) is 7.35. The maximum Gasteiger partial charge on any atom is 0.309 e. The van der Waals surface area contributed by atoms with Crippen molar-refractivity contribution in [3.8, 4) is 6.07 Å². The van der Waals surface area contributed by atoms with Crippen LogP contribution in [0.15, 0.2) is 0 Å². The third-order valence-electron chi connectivity index (χ3n) is 2.40. The summed E-state index contributed by atoms with van der Waals surface area (Å²) in [6.07, 6.45) is 0.231. The highest BCUT2D eigenvalue weighted by atomic mass is 16.4. The molecule has 5 nitrogen and oxygen atoms in total. The van der Waals surface area contributed by atoms with Crippen LogP contribution in [0.1, 0.15) is 33.6 Å². The number of rotatable bonds is 6. The van der Waals surface area contributed by atoms with Gasteiger partial charge < -0.3 is 10.0 Å². The number of carbonyl (C=O) groups excluding carboxylic acids is 1. The van der Waals surface area contributed by atoms with Gasteiger partial charge in [-0.15, -0.1) is 0 Å². The zero-order chi connectivity index (χ0) is 12.8. The van der Waals surface area contributed by atoms with E-state index in [0.717, 1.165) is 0 Å². The summed E-state index contributed by atoms with van der Waals surface area (Å²) < 4.78 is 0. The molecule has 0 unspecified atom stereocenters. The summed E-state index contributed by atoms with van der Waals surface area (Å²) in [5, 5.41) is 17.3. The Labute approximate surface area is 95.7 Å². The Hall–Kier alpha value is -1.57. The molecule has 0 saturated heterocycles. The molecule has 1 N–H and O–H groups in total. The molecular formula is C11H18N2O3. The van der Waals surface area contributed by atoms with E-state index in [4.69, 9.17) is 10.4 Å². The number of hydrogen-bond donors (Lipinski definition) is 1. The molecule has 0 saturated carbocycles. The summed E-state index contributed by atoms with van der Waals surface area (Å²) in [6, 6.07) is 1.96. The van der Waals surface area contributed by atoms with Crippen LogP contribution in [0.25, 0.3) is 0 Å². The molecule has 0 spiro atoms. The second-order valence-electron chi connectivity index (χ2n) is 4.25. The molecule has 0 atom stereocenters. The van der Waals surface area contributed by atoms with E-state index in [1.165, 1.54) is 18.7 Å². The Morgan fingerprint density at radius 1 is 1.44 bits per heavy atom. The van der Waals surface area contributed by atoms with E-state index in [9.17, 15) is 9.59 Å². The molecule has 0 aliphatic heterocycles. The van der Waals surface area contributed by atoms with E-state index in [1.807, 2.05) is 13.0 Å². The first-order valence-electron chi connectivity index (χ1n) is 5.23. The van der Waals surface area contributed by atoms with Crippen LogP contribution in [0.2, 0.25) is 0 Å². The summed E-state index contributed by atoms with van der Waals surface area (Å²) >= 11 is 0. The van der Waals surface area contributed by atoms with Crippen molar-refractivity contribution in [1.82, 2.24) is 4.90 Å². The number of nitriles is 1. The predicted octanol–water partition coefficient (Wildman–Crippen LogP) is 1.25. The van der Waals surface area contributed by atoms with Gasteiger partial charge in [-0.2, -0.15) is 5.26 Å². The van der Waals surface area contributed by atoms with Crippen molar-refractivity contribution >= 4 is 11.9 Å².